The molecule has 0 saturated heterocycles. The van der Waals surface area contributed by atoms with Gasteiger partial charge in [-0.15, -0.1) is 0 Å². The highest BCUT2D eigenvalue weighted by molar-refractivity contribution is 5.95. The first kappa shape index (κ1) is 19.6. The van der Waals surface area contributed by atoms with Crippen molar-refractivity contribution in [2.75, 3.05) is 7.11 Å². The van der Waals surface area contributed by atoms with Gasteiger partial charge in [-0.2, -0.15) is 5.10 Å². The minimum absolute atomic E-state index is 0.101. The Kier molecular flexibility index (Phi) is 5.48. The average molecular weight is 400 g/mol. The van der Waals surface area contributed by atoms with Crippen molar-refractivity contribution in [3.05, 3.63) is 78.1 Å². The van der Waals surface area contributed by atoms with Crippen molar-refractivity contribution in [2.24, 2.45) is 0 Å². The summed E-state index contributed by atoms with van der Waals surface area (Å²) in [6.07, 6.45) is 1.76. The zero-order valence-corrected chi connectivity index (χ0v) is 17.3. The van der Waals surface area contributed by atoms with Gasteiger partial charge in [0.25, 0.3) is 0 Å². The number of hydrogen-bond acceptors (Lipinski definition) is 4. The van der Waals surface area contributed by atoms with Crippen molar-refractivity contribution >= 4 is 16.9 Å². The predicted molar refractivity (Wildman–Crippen MR) is 117 cm³/mol. The lowest BCUT2D eigenvalue weighted by molar-refractivity contribution is -0.122. The summed E-state index contributed by atoms with van der Waals surface area (Å²) in [5, 5.41) is 8.60. The summed E-state index contributed by atoms with van der Waals surface area (Å²) in [5.41, 5.74) is 4.70. The molecule has 1 amide bonds. The topological polar surface area (TPSA) is 69.0 Å². The van der Waals surface area contributed by atoms with E-state index in [1.165, 1.54) is 0 Å². The van der Waals surface area contributed by atoms with Crippen LogP contribution >= 0.6 is 0 Å². The van der Waals surface area contributed by atoms with Crippen molar-refractivity contribution in [1.29, 1.82) is 0 Å². The second-order valence-electron chi connectivity index (χ2n) is 7.23. The molecule has 0 radical (unpaired) electrons. The van der Waals surface area contributed by atoms with Crippen LogP contribution in [0.15, 0.2) is 66.9 Å². The Hall–Kier alpha value is -3.67. The van der Waals surface area contributed by atoms with Gasteiger partial charge in [-0.05, 0) is 48.7 Å². The third-order valence-corrected chi connectivity index (χ3v) is 5.16. The van der Waals surface area contributed by atoms with E-state index in [9.17, 15) is 4.79 Å². The quantitative estimate of drug-likeness (QED) is 0.524. The van der Waals surface area contributed by atoms with Crippen LogP contribution in [0.1, 0.15) is 24.2 Å². The minimum atomic E-state index is -0.150. The highest BCUT2D eigenvalue weighted by atomic mass is 16.5. The van der Waals surface area contributed by atoms with Crippen LogP contribution < -0.4 is 10.1 Å². The number of aryl methyl sites for hydroxylation is 1. The molecule has 1 unspecified atom stereocenters. The molecule has 6 nitrogen and oxygen atoms in total. The van der Waals surface area contributed by atoms with Gasteiger partial charge in [0.1, 0.15) is 12.3 Å². The molecule has 2 heterocycles. The Balaban J connectivity index is 1.57. The molecule has 0 fully saturated rings. The van der Waals surface area contributed by atoms with Crippen LogP contribution in [-0.2, 0) is 11.3 Å². The smallest absolute Gasteiger partial charge is 0.242 e. The van der Waals surface area contributed by atoms with Gasteiger partial charge in [0.05, 0.1) is 18.8 Å². The van der Waals surface area contributed by atoms with E-state index in [0.717, 1.165) is 33.5 Å². The number of nitrogens with one attached hydrogen (secondary N) is 1. The summed E-state index contributed by atoms with van der Waals surface area (Å²) in [7, 11) is 1.63. The Morgan fingerprint density at radius 1 is 1.13 bits per heavy atom. The first-order valence-corrected chi connectivity index (χ1v) is 9.87. The van der Waals surface area contributed by atoms with Gasteiger partial charge in [0, 0.05) is 11.6 Å². The average Bonchev–Trinajstić information content (AvgIpc) is 3.09. The van der Waals surface area contributed by atoms with Gasteiger partial charge in [0.2, 0.25) is 5.91 Å². The molecule has 0 bridgehead atoms. The maximum atomic E-state index is 12.7. The molecule has 2 aromatic heterocycles. The zero-order chi connectivity index (χ0) is 21.1. The van der Waals surface area contributed by atoms with Crippen LogP contribution in [0.2, 0.25) is 0 Å². The molecule has 152 valence electrons. The number of amides is 1. The van der Waals surface area contributed by atoms with Crippen LogP contribution in [0.25, 0.3) is 22.2 Å². The summed E-state index contributed by atoms with van der Waals surface area (Å²) in [6.45, 7) is 4.00. The second-order valence-corrected chi connectivity index (χ2v) is 7.23. The third-order valence-electron chi connectivity index (χ3n) is 5.16. The van der Waals surface area contributed by atoms with Gasteiger partial charge in [-0.25, -0.2) is 9.67 Å². The number of carbonyl (C=O) groups is 1. The van der Waals surface area contributed by atoms with Crippen molar-refractivity contribution in [1.82, 2.24) is 20.1 Å². The predicted octanol–water partition coefficient (Wildman–Crippen LogP) is 4.29. The minimum Gasteiger partial charge on any atom is -0.497 e. The number of fused-ring (bicyclic) bond motifs is 1. The first-order chi connectivity index (χ1) is 14.6. The Morgan fingerprint density at radius 2 is 1.93 bits per heavy atom. The van der Waals surface area contributed by atoms with Gasteiger partial charge in [-0.3, -0.25) is 4.79 Å². The molecular formula is C24H24N4O2. The van der Waals surface area contributed by atoms with Crippen molar-refractivity contribution < 1.29 is 9.53 Å². The molecule has 0 saturated carbocycles. The molecule has 4 aromatic rings. The summed E-state index contributed by atoms with van der Waals surface area (Å²) < 4.78 is 6.94. The van der Waals surface area contributed by atoms with Crippen LogP contribution in [0.4, 0.5) is 0 Å². The second kappa shape index (κ2) is 8.37. The fourth-order valence-corrected chi connectivity index (χ4v) is 3.67. The number of benzene rings is 2. The van der Waals surface area contributed by atoms with E-state index >= 15 is 0 Å². The van der Waals surface area contributed by atoms with Crippen molar-refractivity contribution in [3.8, 4) is 16.9 Å². The van der Waals surface area contributed by atoms with Crippen LogP contribution in [0.3, 0.4) is 0 Å². The molecule has 0 aliphatic heterocycles. The normalized spacial score (nSPS) is 12.0. The molecule has 0 spiro atoms. The largest absolute Gasteiger partial charge is 0.497 e. The lowest BCUT2D eigenvalue weighted by atomic mass is 10.0. The Labute approximate surface area is 175 Å². The lowest BCUT2D eigenvalue weighted by Crippen LogP contribution is -2.30. The molecule has 0 aliphatic carbocycles. The first-order valence-electron chi connectivity index (χ1n) is 9.87. The zero-order valence-electron chi connectivity index (χ0n) is 17.3. The molecule has 0 aliphatic rings. The maximum Gasteiger partial charge on any atom is 0.242 e. The molecular weight excluding hydrogens is 376 g/mol. The number of methoxy groups -OCH3 is 1. The number of rotatable bonds is 6. The fourth-order valence-electron chi connectivity index (χ4n) is 3.67. The number of aromatic nitrogens is 3. The molecule has 6 heteroatoms. The number of carbonyl (C=O) groups excluding carboxylic acids is 1. The molecule has 1 N–H and O–H groups in total. The van der Waals surface area contributed by atoms with E-state index in [2.05, 4.69) is 27.5 Å². The standard InChI is InChI=1S/C24H24N4O2/c1-16(19-10-7-11-20(14-19)30-3)26-22(29)15-28-24-23(17(2)27-28)21(12-13-25-24)18-8-5-4-6-9-18/h4-14,16H,15H2,1-3H3,(H,26,29). The molecule has 1 atom stereocenters. The highest BCUT2D eigenvalue weighted by Gasteiger charge is 2.17. The summed E-state index contributed by atoms with van der Waals surface area (Å²) in [4.78, 5) is 17.2. The Bertz CT molecular complexity index is 1180. The number of hydrogen-bond donors (Lipinski definition) is 1. The Morgan fingerprint density at radius 3 is 2.70 bits per heavy atom. The summed E-state index contributed by atoms with van der Waals surface area (Å²) >= 11 is 0. The summed E-state index contributed by atoms with van der Waals surface area (Å²) in [5.74, 6) is 0.640. The van der Waals surface area contributed by atoms with E-state index in [1.807, 2.05) is 62.4 Å². The highest BCUT2D eigenvalue weighted by Crippen LogP contribution is 2.29. The number of ether oxygens (including phenoxy) is 1. The van der Waals surface area contributed by atoms with Gasteiger partial charge in [0.15, 0.2) is 5.65 Å². The maximum absolute atomic E-state index is 12.7. The van der Waals surface area contributed by atoms with Crippen LogP contribution in [0, 0.1) is 6.92 Å². The summed E-state index contributed by atoms with van der Waals surface area (Å²) in [6, 6.07) is 19.7. The SMILES string of the molecule is COc1cccc(C(C)NC(=O)Cn2nc(C)c3c(-c4ccccc4)ccnc32)c1. The van der Waals surface area contributed by atoms with E-state index in [0.29, 0.717) is 5.65 Å². The lowest BCUT2D eigenvalue weighted by Gasteiger charge is -2.15. The van der Waals surface area contributed by atoms with Gasteiger partial charge in [-0.1, -0.05) is 42.5 Å². The fraction of sp³-hybridized carbons (Fsp3) is 0.208. The number of pyridine rings is 1. The van der Waals surface area contributed by atoms with Crippen LogP contribution in [-0.4, -0.2) is 27.8 Å². The monoisotopic (exact) mass is 400 g/mol. The van der Waals surface area contributed by atoms with Crippen LogP contribution in [0.5, 0.6) is 5.75 Å². The molecule has 4 rings (SSSR count). The third kappa shape index (κ3) is 3.89. The number of nitrogens with zero attached hydrogens (tertiary/aromatic N) is 3. The molecule has 2 aromatic carbocycles. The van der Waals surface area contributed by atoms with E-state index < -0.39 is 0 Å². The van der Waals surface area contributed by atoms with E-state index in [4.69, 9.17) is 4.74 Å². The van der Waals surface area contributed by atoms with Gasteiger partial charge < -0.3 is 10.1 Å². The van der Waals surface area contributed by atoms with E-state index in [1.54, 1.807) is 18.0 Å². The van der Waals surface area contributed by atoms with Crippen molar-refractivity contribution in [2.45, 2.75) is 26.4 Å². The van der Waals surface area contributed by atoms with Gasteiger partial charge >= 0.3 is 0 Å². The molecule has 30 heavy (non-hydrogen) atoms. The van der Waals surface area contributed by atoms with E-state index in [-0.39, 0.29) is 18.5 Å². The van der Waals surface area contributed by atoms with Crippen molar-refractivity contribution in [3.63, 3.8) is 0 Å².